The minimum Gasteiger partial charge on any atom is -0.329 e. The Labute approximate surface area is 91.3 Å². The lowest BCUT2D eigenvalue weighted by atomic mass is 10.0. The lowest BCUT2D eigenvalue weighted by molar-refractivity contribution is 0.145. The maximum Gasteiger partial charge on any atom is 0.0312 e. The van der Waals surface area contributed by atoms with Crippen molar-refractivity contribution < 1.29 is 0 Å². The number of aromatic nitrogens is 1. The molecule has 0 aliphatic carbocycles. The summed E-state index contributed by atoms with van der Waals surface area (Å²) in [5, 5.41) is 0. The molecule has 1 atom stereocenters. The van der Waals surface area contributed by atoms with Crippen LogP contribution in [0.2, 0.25) is 0 Å². The van der Waals surface area contributed by atoms with Crippen LogP contribution in [0.3, 0.4) is 0 Å². The van der Waals surface area contributed by atoms with Crippen LogP contribution in [-0.2, 0) is 6.54 Å². The van der Waals surface area contributed by atoms with Gasteiger partial charge in [0.2, 0.25) is 0 Å². The number of nitrogens with two attached hydrogens (primary N) is 1. The molecule has 0 spiro atoms. The minimum atomic E-state index is 0.568. The van der Waals surface area contributed by atoms with Crippen LogP contribution < -0.4 is 5.73 Å². The fourth-order valence-electron chi connectivity index (χ4n) is 2.26. The van der Waals surface area contributed by atoms with Crippen LogP contribution in [0.25, 0.3) is 0 Å². The van der Waals surface area contributed by atoms with Crippen molar-refractivity contribution in [1.82, 2.24) is 9.88 Å². The molecule has 1 unspecified atom stereocenters. The summed E-state index contributed by atoms with van der Waals surface area (Å²) in [6.45, 7) is 2.95. The Morgan fingerprint density at radius 2 is 2.40 bits per heavy atom. The number of rotatable bonds is 3. The van der Waals surface area contributed by atoms with Crippen LogP contribution in [-0.4, -0.2) is 29.0 Å². The molecule has 15 heavy (non-hydrogen) atoms. The Morgan fingerprint density at radius 1 is 1.47 bits per heavy atom. The van der Waals surface area contributed by atoms with E-state index in [0.29, 0.717) is 6.04 Å². The van der Waals surface area contributed by atoms with Crippen LogP contribution in [0.4, 0.5) is 0 Å². The molecule has 0 bridgehead atoms. The van der Waals surface area contributed by atoms with Crippen LogP contribution in [0.5, 0.6) is 0 Å². The van der Waals surface area contributed by atoms with Gasteiger partial charge in [0, 0.05) is 31.5 Å². The Hall–Kier alpha value is -0.930. The van der Waals surface area contributed by atoms with Crippen molar-refractivity contribution in [2.45, 2.75) is 31.8 Å². The molecular weight excluding hydrogens is 186 g/mol. The maximum atomic E-state index is 5.79. The lowest BCUT2D eigenvalue weighted by Gasteiger charge is -2.34. The second-order valence-corrected chi connectivity index (χ2v) is 4.22. The molecule has 0 radical (unpaired) electrons. The first-order chi connectivity index (χ1) is 7.40. The first-order valence-electron chi connectivity index (χ1n) is 5.73. The van der Waals surface area contributed by atoms with E-state index in [2.05, 4.69) is 16.0 Å². The van der Waals surface area contributed by atoms with Crippen molar-refractivity contribution >= 4 is 0 Å². The summed E-state index contributed by atoms with van der Waals surface area (Å²) < 4.78 is 0. The third-order valence-electron chi connectivity index (χ3n) is 3.13. The summed E-state index contributed by atoms with van der Waals surface area (Å²) in [5.74, 6) is 0. The van der Waals surface area contributed by atoms with Gasteiger partial charge in [-0.1, -0.05) is 12.5 Å². The second kappa shape index (κ2) is 5.24. The van der Waals surface area contributed by atoms with Crippen LogP contribution >= 0.6 is 0 Å². The minimum absolute atomic E-state index is 0.568. The molecule has 0 aromatic carbocycles. The van der Waals surface area contributed by atoms with Gasteiger partial charge in [-0.15, -0.1) is 0 Å². The van der Waals surface area contributed by atoms with E-state index in [9.17, 15) is 0 Å². The van der Waals surface area contributed by atoms with E-state index >= 15 is 0 Å². The van der Waals surface area contributed by atoms with Gasteiger partial charge in [-0.2, -0.15) is 0 Å². The standard InChI is InChI=1S/C12H19N3/c13-8-12-5-1-2-7-15(12)10-11-4-3-6-14-9-11/h3-4,6,9,12H,1-2,5,7-8,10,13H2. The highest BCUT2D eigenvalue weighted by atomic mass is 15.2. The van der Waals surface area contributed by atoms with E-state index in [-0.39, 0.29) is 0 Å². The third kappa shape index (κ3) is 2.76. The van der Waals surface area contributed by atoms with E-state index in [4.69, 9.17) is 5.73 Å². The predicted molar refractivity (Wildman–Crippen MR) is 61.3 cm³/mol. The quantitative estimate of drug-likeness (QED) is 0.811. The number of piperidine rings is 1. The topological polar surface area (TPSA) is 42.1 Å². The molecule has 2 heterocycles. The molecule has 3 nitrogen and oxygen atoms in total. The Kier molecular flexibility index (Phi) is 3.69. The summed E-state index contributed by atoms with van der Waals surface area (Å²) in [6.07, 6.45) is 7.64. The van der Waals surface area contributed by atoms with Crippen molar-refractivity contribution in [1.29, 1.82) is 0 Å². The van der Waals surface area contributed by atoms with Gasteiger partial charge in [-0.25, -0.2) is 0 Å². The smallest absolute Gasteiger partial charge is 0.0312 e. The predicted octanol–water partition coefficient (Wildman–Crippen LogP) is 1.39. The van der Waals surface area contributed by atoms with Gasteiger partial charge in [0.1, 0.15) is 0 Å². The van der Waals surface area contributed by atoms with E-state index in [1.807, 2.05) is 18.5 Å². The lowest BCUT2D eigenvalue weighted by Crippen LogP contribution is -2.43. The first-order valence-corrected chi connectivity index (χ1v) is 5.73. The number of nitrogens with zero attached hydrogens (tertiary/aromatic N) is 2. The van der Waals surface area contributed by atoms with Gasteiger partial charge in [-0.05, 0) is 31.0 Å². The summed E-state index contributed by atoms with van der Waals surface area (Å²) in [5.41, 5.74) is 7.08. The highest BCUT2D eigenvalue weighted by molar-refractivity contribution is 5.08. The van der Waals surface area contributed by atoms with Gasteiger partial charge in [0.15, 0.2) is 0 Å². The normalized spacial score (nSPS) is 22.9. The largest absolute Gasteiger partial charge is 0.329 e. The number of hydrogen-bond acceptors (Lipinski definition) is 3. The molecule has 2 N–H and O–H groups in total. The SMILES string of the molecule is NCC1CCCCN1Cc1cccnc1. The Morgan fingerprint density at radius 3 is 3.13 bits per heavy atom. The molecule has 82 valence electrons. The molecular formula is C12H19N3. The summed E-state index contributed by atoms with van der Waals surface area (Å²) in [4.78, 5) is 6.63. The molecule has 0 amide bonds. The third-order valence-corrected chi connectivity index (χ3v) is 3.13. The van der Waals surface area contributed by atoms with Crippen LogP contribution in [0, 0.1) is 0 Å². The summed E-state index contributed by atoms with van der Waals surface area (Å²) in [6, 6.07) is 4.70. The van der Waals surface area contributed by atoms with Crippen LogP contribution in [0.1, 0.15) is 24.8 Å². The molecule has 1 saturated heterocycles. The monoisotopic (exact) mass is 205 g/mol. The van der Waals surface area contributed by atoms with Crippen molar-refractivity contribution in [2.24, 2.45) is 5.73 Å². The second-order valence-electron chi connectivity index (χ2n) is 4.22. The fraction of sp³-hybridized carbons (Fsp3) is 0.583. The van der Waals surface area contributed by atoms with Crippen LogP contribution in [0.15, 0.2) is 24.5 Å². The summed E-state index contributed by atoms with van der Waals surface area (Å²) in [7, 11) is 0. The molecule has 3 heteroatoms. The van der Waals surface area contributed by atoms with Crippen molar-refractivity contribution in [3.8, 4) is 0 Å². The zero-order valence-corrected chi connectivity index (χ0v) is 9.10. The Balaban J connectivity index is 1.97. The zero-order valence-electron chi connectivity index (χ0n) is 9.10. The molecule has 1 aliphatic rings. The van der Waals surface area contributed by atoms with Crippen molar-refractivity contribution in [2.75, 3.05) is 13.1 Å². The molecule has 0 saturated carbocycles. The molecule has 1 fully saturated rings. The van der Waals surface area contributed by atoms with Gasteiger partial charge in [0.25, 0.3) is 0 Å². The van der Waals surface area contributed by atoms with Gasteiger partial charge in [0.05, 0.1) is 0 Å². The summed E-state index contributed by atoms with van der Waals surface area (Å²) >= 11 is 0. The average molecular weight is 205 g/mol. The van der Waals surface area contributed by atoms with E-state index < -0.39 is 0 Å². The average Bonchev–Trinajstić information content (AvgIpc) is 2.31. The van der Waals surface area contributed by atoms with E-state index in [1.165, 1.54) is 31.4 Å². The van der Waals surface area contributed by atoms with Crippen molar-refractivity contribution in [3.05, 3.63) is 30.1 Å². The highest BCUT2D eigenvalue weighted by Gasteiger charge is 2.20. The number of likely N-dealkylation sites (tertiary alicyclic amines) is 1. The Bertz CT molecular complexity index is 286. The zero-order chi connectivity index (χ0) is 10.5. The van der Waals surface area contributed by atoms with E-state index in [1.54, 1.807) is 0 Å². The van der Waals surface area contributed by atoms with Gasteiger partial charge in [-0.3, -0.25) is 9.88 Å². The van der Waals surface area contributed by atoms with E-state index in [0.717, 1.165) is 13.1 Å². The van der Waals surface area contributed by atoms with Crippen molar-refractivity contribution in [3.63, 3.8) is 0 Å². The highest BCUT2D eigenvalue weighted by Crippen LogP contribution is 2.18. The maximum absolute atomic E-state index is 5.79. The fourth-order valence-corrected chi connectivity index (χ4v) is 2.26. The molecule has 1 aliphatic heterocycles. The van der Waals surface area contributed by atoms with Gasteiger partial charge >= 0.3 is 0 Å². The molecule has 1 aromatic heterocycles. The molecule has 2 rings (SSSR count). The first kappa shape index (κ1) is 10.6. The number of hydrogen-bond donors (Lipinski definition) is 1. The number of pyridine rings is 1. The molecule has 1 aromatic rings. The van der Waals surface area contributed by atoms with Gasteiger partial charge < -0.3 is 5.73 Å².